The Labute approximate surface area is 172 Å². The third-order valence-corrected chi connectivity index (χ3v) is 4.37. The first kappa shape index (κ1) is 21.5. The van der Waals surface area contributed by atoms with Crippen molar-refractivity contribution in [3.05, 3.63) is 70.7 Å². The van der Waals surface area contributed by atoms with Gasteiger partial charge in [-0.2, -0.15) is 0 Å². The van der Waals surface area contributed by atoms with Gasteiger partial charge in [0.1, 0.15) is 6.61 Å². The molecule has 1 atom stereocenters. The first-order valence-electron chi connectivity index (χ1n) is 8.58. The van der Waals surface area contributed by atoms with E-state index in [0.717, 1.165) is 10.0 Å². The minimum Gasteiger partial charge on any atom is -0.493 e. The van der Waals surface area contributed by atoms with Gasteiger partial charge in [-0.3, -0.25) is 4.79 Å². The molecule has 2 aromatic rings. The molecule has 0 radical (unpaired) electrons. The molecule has 0 saturated heterocycles. The van der Waals surface area contributed by atoms with Crippen LogP contribution in [0.15, 0.2) is 59.6 Å². The van der Waals surface area contributed by atoms with E-state index in [2.05, 4.69) is 27.8 Å². The Bertz CT molecular complexity index is 835. The Morgan fingerprint density at radius 1 is 1.18 bits per heavy atom. The highest BCUT2D eigenvalue weighted by Gasteiger charge is 2.15. The number of hydrogen-bond acceptors (Lipinski definition) is 5. The molecule has 148 valence electrons. The summed E-state index contributed by atoms with van der Waals surface area (Å²) in [6, 6.07) is 12.1. The number of halogens is 1. The van der Waals surface area contributed by atoms with Gasteiger partial charge in [-0.05, 0) is 42.8 Å². The highest BCUT2D eigenvalue weighted by atomic mass is 79.9. The molecule has 6 nitrogen and oxygen atoms in total. The molecule has 1 amide bonds. The van der Waals surface area contributed by atoms with E-state index in [9.17, 15) is 9.59 Å². The summed E-state index contributed by atoms with van der Waals surface area (Å²) in [4.78, 5) is 24.3. The fraction of sp³-hybridized carbons (Fsp3) is 0.238. The van der Waals surface area contributed by atoms with Crippen molar-refractivity contribution in [1.82, 2.24) is 5.32 Å². The van der Waals surface area contributed by atoms with Gasteiger partial charge in [0.2, 0.25) is 0 Å². The molecule has 0 bridgehead atoms. The smallest absolute Gasteiger partial charge is 0.338 e. The van der Waals surface area contributed by atoms with Crippen LogP contribution in [0.4, 0.5) is 0 Å². The summed E-state index contributed by atoms with van der Waals surface area (Å²) >= 11 is 3.37. The van der Waals surface area contributed by atoms with Crippen LogP contribution in [-0.4, -0.2) is 32.2 Å². The molecule has 0 fully saturated rings. The predicted octanol–water partition coefficient (Wildman–Crippen LogP) is 4.06. The van der Waals surface area contributed by atoms with Gasteiger partial charge in [-0.25, -0.2) is 4.79 Å². The van der Waals surface area contributed by atoms with Crippen molar-refractivity contribution < 1.29 is 23.8 Å². The van der Waals surface area contributed by atoms with E-state index >= 15 is 0 Å². The highest BCUT2D eigenvalue weighted by molar-refractivity contribution is 9.10. The SMILES string of the molecule is C=CCOc1ccc(C(=O)OCC(=O)NC(C)c2ccc(Br)cc2)cc1OC. The van der Waals surface area contributed by atoms with E-state index in [0.29, 0.717) is 18.1 Å². The molecule has 1 unspecified atom stereocenters. The molecular formula is C21H22BrNO5. The number of nitrogens with one attached hydrogen (secondary N) is 1. The predicted molar refractivity (Wildman–Crippen MR) is 110 cm³/mol. The zero-order chi connectivity index (χ0) is 20.5. The molecule has 2 aromatic carbocycles. The van der Waals surface area contributed by atoms with Crippen LogP contribution in [0.3, 0.4) is 0 Å². The molecule has 0 aliphatic heterocycles. The number of methoxy groups -OCH3 is 1. The normalized spacial score (nSPS) is 11.2. The zero-order valence-corrected chi connectivity index (χ0v) is 17.3. The molecule has 0 spiro atoms. The van der Waals surface area contributed by atoms with Crippen LogP contribution in [0.2, 0.25) is 0 Å². The van der Waals surface area contributed by atoms with Gasteiger partial charge >= 0.3 is 5.97 Å². The molecular weight excluding hydrogens is 426 g/mol. The molecule has 2 rings (SSSR count). The van der Waals surface area contributed by atoms with E-state index < -0.39 is 5.97 Å². The Morgan fingerprint density at radius 3 is 2.54 bits per heavy atom. The standard InChI is InChI=1S/C21H22BrNO5/c1-4-11-27-18-10-7-16(12-19(18)26-3)21(25)28-13-20(24)23-14(2)15-5-8-17(22)9-6-15/h4-10,12,14H,1,11,13H2,2-3H3,(H,23,24). The molecule has 0 aliphatic carbocycles. The summed E-state index contributed by atoms with van der Waals surface area (Å²) in [6.45, 7) is 5.38. The largest absolute Gasteiger partial charge is 0.493 e. The maximum absolute atomic E-state index is 12.2. The number of carbonyl (C=O) groups excluding carboxylic acids is 2. The van der Waals surface area contributed by atoms with Gasteiger partial charge in [0.25, 0.3) is 5.91 Å². The molecule has 0 heterocycles. The second-order valence-electron chi connectivity index (χ2n) is 5.88. The van der Waals surface area contributed by atoms with Gasteiger partial charge in [-0.15, -0.1) is 0 Å². The van der Waals surface area contributed by atoms with E-state index in [1.165, 1.54) is 13.2 Å². The number of carbonyl (C=O) groups is 2. The Kier molecular flexibility index (Phi) is 8.07. The van der Waals surface area contributed by atoms with Crippen LogP contribution >= 0.6 is 15.9 Å². The van der Waals surface area contributed by atoms with Gasteiger partial charge in [0.05, 0.1) is 18.7 Å². The quantitative estimate of drug-likeness (QED) is 0.463. The fourth-order valence-electron chi connectivity index (χ4n) is 2.39. The van der Waals surface area contributed by atoms with Gasteiger partial charge < -0.3 is 19.5 Å². The van der Waals surface area contributed by atoms with Crippen molar-refractivity contribution in [3.8, 4) is 11.5 Å². The average Bonchev–Trinajstić information content (AvgIpc) is 2.70. The van der Waals surface area contributed by atoms with Crippen molar-refractivity contribution in [2.75, 3.05) is 20.3 Å². The lowest BCUT2D eigenvalue weighted by Gasteiger charge is -2.15. The number of amides is 1. The minimum absolute atomic E-state index is 0.208. The second kappa shape index (κ2) is 10.5. The van der Waals surface area contributed by atoms with Crippen molar-refractivity contribution in [1.29, 1.82) is 0 Å². The summed E-state index contributed by atoms with van der Waals surface area (Å²) in [5, 5.41) is 2.79. The van der Waals surface area contributed by atoms with Gasteiger partial charge in [0, 0.05) is 4.47 Å². The molecule has 0 saturated carbocycles. The molecule has 7 heteroatoms. The maximum Gasteiger partial charge on any atom is 0.338 e. The third kappa shape index (κ3) is 6.13. The third-order valence-electron chi connectivity index (χ3n) is 3.84. The number of ether oxygens (including phenoxy) is 3. The lowest BCUT2D eigenvalue weighted by atomic mass is 10.1. The summed E-state index contributed by atoms with van der Waals surface area (Å²) in [5.74, 6) is -0.133. The van der Waals surface area contributed by atoms with E-state index in [1.807, 2.05) is 31.2 Å². The Balaban J connectivity index is 1.91. The van der Waals surface area contributed by atoms with E-state index in [1.54, 1.807) is 18.2 Å². The van der Waals surface area contributed by atoms with Crippen molar-refractivity contribution in [3.63, 3.8) is 0 Å². The summed E-state index contributed by atoms with van der Waals surface area (Å²) in [5.41, 5.74) is 1.21. The Hall–Kier alpha value is -2.80. The van der Waals surface area contributed by atoms with Gasteiger partial charge in [0.15, 0.2) is 18.1 Å². The molecule has 0 aromatic heterocycles. The van der Waals surface area contributed by atoms with Crippen molar-refractivity contribution in [2.45, 2.75) is 13.0 Å². The van der Waals surface area contributed by atoms with E-state index in [-0.39, 0.29) is 24.1 Å². The number of benzene rings is 2. The lowest BCUT2D eigenvalue weighted by Crippen LogP contribution is -2.31. The summed E-state index contributed by atoms with van der Waals surface area (Å²) in [7, 11) is 1.47. The number of hydrogen-bond donors (Lipinski definition) is 1. The number of esters is 1. The molecule has 0 aliphatic rings. The molecule has 1 N–H and O–H groups in total. The van der Waals surface area contributed by atoms with Crippen molar-refractivity contribution >= 4 is 27.8 Å². The lowest BCUT2D eigenvalue weighted by molar-refractivity contribution is -0.124. The first-order chi connectivity index (χ1) is 13.4. The van der Waals surface area contributed by atoms with Crippen LogP contribution in [0, 0.1) is 0 Å². The maximum atomic E-state index is 12.2. The number of rotatable bonds is 9. The monoisotopic (exact) mass is 447 g/mol. The Morgan fingerprint density at radius 2 is 1.89 bits per heavy atom. The summed E-state index contributed by atoms with van der Waals surface area (Å²) in [6.07, 6.45) is 1.61. The average molecular weight is 448 g/mol. The van der Waals surface area contributed by atoms with Crippen LogP contribution < -0.4 is 14.8 Å². The van der Waals surface area contributed by atoms with Crippen LogP contribution in [0.25, 0.3) is 0 Å². The summed E-state index contributed by atoms with van der Waals surface area (Å²) < 4.78 is 16.7. The zero-order valence-electron chi connectivity index (χ0n) is 15.7. The van der Waals surface area contributed by atoms with Crippen LogP contribution in [0.1, 0.15) is 28.9 Å². The van der Waals surface area contributed by atoms with Crippen LogP contribution in [0.5, 0.6) is 11.5 Å². The topological polar surface area (TPSA) is 73.9 Å². The highest BCUT2D eigenvalue weighted by Crippen LogP contribution is 2.28. The first-order valence-corrected chi connectivity index (χ1v) is 9.37. The molecule has 28 heavy (non-hydrogen) atoms. The van der Waals surface area contributed by atoms with Crippen molar-refractivity contribution in [2.24, 2.45) is 0 Å². The minimum atomic E-state index is -0.625. The second-order valence-corrected chi connectivity index (χ2v) is 6.80. The van der Waals surface area contributed by atoms with Crippen LogP contribution in [-0.2, 0) is 9.53 Å². The fourth-order valence-corrected chi connectivity index (χ4v) is 2.66. The van der Waals surface area contributed by atoms with E-state index in [4.69, 9.17) is 14.2 Å². The van der Waals surface area contributed by atoms with Gasteiger partial charge in [-0.1, -0.05) is 40.7 Å².